The maximum Gasteiger partial charge on any atom is 0.219 e. The summed E-state index contributed by atoms with van der Waals surface area (Å²) in [6.45, 7) is 5.34. The number of carbonyl (C=O) groups is 1. The van der Waals surface area contributed by atoms with Crippen LogP contribution in [0.3, 0.4) is 0 Å². The van der Waals surface area contributed by atoms with Crippen molar-refractivity contribution >= 4 is 34.7 Å². The average Bonchev–Trinajstić information content (AvgIpc) is 3.09. The average molecular weight is 375 g/mol. The van der Waals surface area contributed by atoms with Crippen molar-refractivity contribution in [3.63, 3.8) is 0 Å². The molecule has 0 spiro atoms. The zero-order chi connectivity index (χ0) is 18.1. The normalized spacial score (nSPS) is 23.8. The van der Waals surface area contributed by atoms with E-state index in [1.165, 1.54) is 18.6 Å². The second kappa shape index (κ2) is 7.44. The van der Waals surface area contributed by atoms with Crippen molar-refractivity contribution in [2.75, 3.05) is 43.9 Å². The van der Waals surface area contributed by atoms with Gasteiger partial charge in [-0.05, 0) is 24.8 Å². The van der Waals surface area contributed by atoms with E-state index in [-0.39, 0.29) is 5.91 Å². The zero-order valence-corrected chi connectivity index (χ0v) is 16.2. The third-order valence-corrected chi connectivity index (χ3v) is 6.95. The summed E-state index contributed by atoms with van der Waals surface area (Å²) in [5.41, 5.74) is 0.901. The van der Waals surface area contributed by atoms with Gasteiger partial charge in [0.25, 0.3) is 0 Å². The second-order valence-corrected chi connectivity index (χ2v) is 8.38. The van der Waals surface area contributed by atoms with Gasteiger partial charge in [0, 0.05) is 58.1 Å². The van der Waals surface area contributed by atoms with Crippen LogP contribution < -0.4 is 4.90 Å². The number of piperazine rings is 1. The zero-order valence-electron chi connectivity index (χ0n) is 15.4. The highest BCUT2D eigenvalue weighted by Gasteiger charge is 2.34. The van der Waals surface area contributed by atoms with Crippen LogP contribution in [-0.2, 0) is 4.79 Å². The highest BCUT2D eigenvalue weighted by Crippen LogP contribution is 2.37. The summed E-state index contributed by atoms with van der Waals surface area (Å²) in [6, 6.07) is 2.61. The Hall–Kier alpha value is -1.80. The van der Waals surface area contributed by atoms with E-state index in [4.69, 9.17) is 0 Å². The highest BCUT2D eigenvalue weighted by molar-refractivity contribution is 7.97. The monoisotopic (exact) mass is 374 g/mol. The predicted octanol–water partition coefficient (Wildman–Crippen LogP) is 1.98. The molecule has 2 fully saturated rings. The Labute approximate surface area is 158 Å². The van der Waals surface area contributed by atoms with Crippen LogP contribution in [0, 0.1) is 5.92 Å². The third kappa shape index (κ3) is 3.53. The van der Waals surface area contributed by atoms with Crippen molar-refractivity contribution in [2.24, 2.45) is 5.92 Å². The second-order valence-electron chi connectivity index (χ2n) is 7.27. The molecule has 1 amide bonds. The lowest BCUT2D eigenvalue weighted by Crippen LogP contribution is -2.47. The molecule has 8 heteroatoms. The molecule has 2 aromatic rings. The standard InChI is InChI=1S/C18H26N6OS/c1-13(25)23-5-7-24(8-6-23)26-11-14-9-15(10-14)22(2)18-16-3-4-19-17(16)20-12-21-18/h3-4,12,14-15H,5-11H2,1-2H3,(H,19,20,21)/t14-,15+. The van der Waals surface area contributed by atoms with Crippen molar-refractivity contribution in [1.82, 2.24) is 24.2 Å². The highest BCUT2D eigenvalue weighted by atomic mass is 32.2. The molecule has 1 N–H and O–H groups in total. The predicted molar refractivity (Wildman–Crippen MR) is 105 cm³/mol. The van der Waals surface area contributed by atoms with Gasteiger partial charge in [0.2, 0.25) is 5.91 Å². The lowest BCUT2D eigenvalue weighted by molar-refractivity contribution is -0.129. The number of rotatable bonds is 5. The molecular weight excluding hydrogens is 348 g/mol. The third-order valence-electron chi connectivity index (χ3n) is 5.60. The SMILES string of the molecule is CC(=O)N1CCN(SC[C@H]2C[C@@H](N(C)c3ncnc4[nH]ccc34)C2)CC1. The van der Waals surface area contributed by atoms with Crippen LogP contribution in [0.25, 0.3) is 11.0 Å². The van der Waals surface area contributed by atoms with Crippen LogP contribution in [0.2, 0.25) is 0 Å². The quantitative estimate of drug-likeness (QED) is 0.807. The van der Waals surface area contributed by atoms with Gasteiger partial charge >= 0.3 is 0 Å². The molecule has 2 aliphatic rings. The number of aromatic nitrogens is 3. The molecule has 1 aliphatic heterocycles. The maximum atomic E-state index is 11.4. The Balaban J connectivity index is 1.23. The summed E-state index contributed by atoms with van der Waals surface area (Å²) in [5.74, 6) is 3.16. The number of hydrogen-bond donors (Lipinski definition) is 1. The minimum absolute atomic E-state index is 0.195. The van der Waals surface area contributed by atoms with Gasteiger partial charge in [-0.25, -0.2) is 14.3 Å². The summed E-state index contributed by atoms with van der Waals surface area (Å²) >= 11 is 1.95. The fourth-order valence-electron chi connectivity index (χ4n) is 3.81. The number of H-pyrrole nitrogens is 1. The van der Waals surface area contributed by atoms with Gasteiger partial charge in [-0.1, -0.05) is 11.9 Å². The Bertz CT molecular complexity index is 766. The van der Waals surface area contributed by atoms with E-state index in [9.17, 15) is 4.79 Å². The van der Waals surface area contributed by atoms with Gasteiger partial charge in [0.1, 0.15) is 17.8 Å². The van der Waals surface area contributed by atoms with Crippen LogP contribution in [0.15, 0.2) is 18.6 Å². The molecule has 0 atom stereocenters. The van der Waals surface area contributed by atoms with Crippen molar-refractivity contribution < 1.29 is 4.79 Å². The summed E-state index contributed by atoms with van der Waals surface area (Å²) < 4.78 is 2.42. The molecule has 3 heterocycles. The van der Waals surface area contributed by atoms with Crippen LogP contribution in [0.1, 0.15) is 19.8 Å². The van der Waals surface area contributed by atoms with E-state index in [1.54, 1.807) is 13.3 Å². The lowest BCUT2D eigenvalue weighted by atomic mass is 9.81. The minimum atomic E-state index is 0.195. The van der Waals surface area contributed by atoms with E-state index < -0.39 is 0 Å². The Kier molecular flexibility index (Phi) is 5.04. The number of hydrogen-bond acceptors (Lipinski definition) is 6. The Morgan fingerprint density at radius 3 is 2.81 bits per heavy atom. The van der Waals surface area contributed by atoms with E-state index in [1.807, 2.05) is 29.1 Å². The summed E-state index contributed by atoms with van der Waals surface area (Å²) in [6.07, 6.45) is 5.99. The summed E-state index contributed by atoms with van der Waals surface area (Å²) in [4.78, 5) is 27.6. The molecule has 0 unspecified atom stereocenters. The molecule has 7 nitrogen and oxygen atoms in total. The van der Waals surface area contributed by atoms with Gasteiger partial charge in [-0.3, -0.25) is 4.79 Å². The molecule has 0 bridgehead atoms. The molecule has 0 radical (unpaired) electrons. The smallest absolute Gasteiger partial charge is 0.219 e. The van der Waals surface area contributed by atoms with Crippen LogP contribution in [0.4, 0.5) is 5.82 Å². The minimum Gasteiger partial charge on any atom is -0.356 e. The van der Waals surface area contributed by atoms with Crippen molar-refractivity contribution in [1.29, 1.82) is 0 Å². The lowest BCUT2D eigenvalue weighted by Gasteiger charge is -2.42. The number of amides is 1. The molecule has 1 aliphatic carbocycles. The topological polar surface area (TPSA) is 68.4 Å². The Morgan fingerprint density at radius 2 is 2.08 bits per heavy atom. The summed E-state index contributed by atoms with van der Waals surface area (Å²) in [7, 11) is 2.14. The van der Waals surface area contributed by atoms with Crippen LogP contribution in [0.5, 0.6) is 0 Å². The van der Waals surface area contributed by atoms with E-state index in [2.05, 4.69) is 31.2 Å². The first-order valence-electron chi connectivity index (χ1n) is 9.26. The molecule has 0 aromatic carbocycles. The fraction of sp³-hybridized carbons (Fsp3) is 0.611. The first-order valence-corrected chi connectivity index (χ1v) is 10.2. The number of anilines is 1. The first-order chi connectivity index (χ1) is 12.6. The van der Waals surface area contributed by atoms with E-state index in [0.717, 1.165) is 48.9 Å². The number of nitrogens with one attached hydrogen (secondary N) is 1. The van der Waals surface area contributed by atoms with Gasteiger partial charge in [0.15, 0.2) is 0 Å². The van der Waals surface area contributed by atoms with Crippen molar-refractivity contribution in [3.8, 4) is 0 Å². The first kappa shape index (κ1) is 17.6. The number of fused-ring (bicyclic) bond motifs is 1. The molecule has 26 heavy (non-hydrogen) atoms. The molecule has 1 saturated heterocycles. The molecule has 4 rings (SSSR count). The van der Waals surface area contributed by atoms with Gasteiger partial charge < -0.3 is 14.8 Å². The molecular formula is C18H26N6OS. The number of nitrogens with zero attached hydrogens (tertiary/aromatic N) is 5. The molecule has 140 valence electrons. The van der Waals surface area contributed by atoms with E-state index >= 15 is 0 Å². The number of aromatic amines is 1. The van der Waals surface area contributed by atoms with Crippen LogP contribution in [-0.4, -0.2) is 75.1 Å². The van der Waals surface area contributed by atoms with Gasteiger partial charge in [-0.15, -0.1) is 0 Å². The number of carbonyl (C=O) groups excluding carboxylic acids is 1. The van der Waals surface area contributed by atoms with Crippen molar-refractivity contribution in [3.05, 3.63) is 18.6 Å². The maximum absolute atomic E-state index is 11.4. The van der Waals surface area contributed by atoms with E-state index in [0.29, 0.717) is 6.04 Å². The Morgan fingerprint density at radius 1 is 1.31 bits per heavy atom. The summed E-state index contributed by atoms with van der Waals surface area (Å²) in [5, 5.41) is 1.09. The van der Waals surface area contributed by atoms with Crippen molar-refractivity contribution in [2.45, 2.75) is 25.8 Å². The fourth-order valence-corrected chi connectivity index (χ4v) is 4.92. The molecule has 2 aromatic heterocycles. The van der Waals surface area contributed by atoms with Gasteiger partial charge in [-0.2, -0.15) is 0 Å². The molecule has 1 saturated carbocycles. The van der Waals surface area contributed by atoms with Gasteiger partial charge in [0.05, 0.1) is 5.39 Å². The van der Waals surface area contributed by atoms with Crippen LogP contribution >= 0.6 is 11.9 Å². The largest absolute Gasteiger partial charge is 0.356 e.